The molecular weight excluding hydrogens is 296 g/mol. The highest BCUT2D eigenvalue weighted by Crippen LogP contribution is 2.22. The number of H-pyrrole nitrogens is 1. The van der Waals surface area contributed by atoms with Crippen LogP contribution in [0.25, 0.3) is 11.4 Å². The van der Waals surface area contributed by atoms with E-state index in [2.05, 4.69) is 40.4 Å². The van der Waals surface area contributed by atoms with Crippen LogP contribution in [0, 0.1) is 0 Å². The van der Waals surface area contributed by atoms with Gasteiger partial charge >= 0.3 is 0 Å². The maximum Gasteiger partial charge on any atom is 0.251 e. The summed E-state index contributed by atoms with van der Waals surface area (Å²) >= 11 is 1.81. The number of anilines is 1. The Morgan fingerprint density at radius 2 is 2.14 bits per heavy atom. The van der Waals surface area contributed by atoms with E-state index in [-0.39, 0.29) is 10.3 Å². The molecule has 2 N–H and O–H groups in total. The number of thioether (sulfide) groups is 1. The number of aryl methyl sites for hydroxylation is 1. The van der Waals surface area contributed by atoms with Gasteiger partial charge in [-0.1, -0.05) is 6.92 Å². The van der Waals surface area contributed by atoms with Gasteiger partial charge < -0.3 is 10.3 Å². The van der Waals surface area contributed by atoms with Gasteiger partial charge in [0.15, 0.2) is 0 Å². The van der Waals surface area contributed by atoms with Crippen molar-refractivity contribution in [3.05, 3.63) is 40.4 Å². The van der Waals surface area contributed by atoms with Gasteiger partial charge in [-0.3, -0.25) is 4.79 Å². The van der Waals surface area contributed by atoms with E-state index >= 15 is 0 Å². The second-order valence-corrected chi connectivity index (χ2v) is 7.20. The third kappa shape index (κ3) is 4.34. The van der Waals surface area contributed by atoms with Gasteiger partial charge in [0.2, 0.25) is 0 Å². The average Bonchev–Trinajstić information content (AvgIpc) is 2.53. The lowest BCUT2D eigenvalue weighted by atomic mass is 10.2. The highest BCUT2D eigenvalue weighted by Gasteiger charge is 2.15. The van der Waals surface area contributed by atoms with Crippen LogP contribution in [0.2, 0.25) is 0 Å². The molecule has 2 heterocycles. The lowest BCUT2D eigenvalue weighted by Gasteiger charge is -2.22. The number of rotatable bonds is 6. The minimum Gasteiger partial charge on any atom is -0.369 e. The second kappa shape index (κ2) is 6.96. The summed E-state index contributed by atoms with van der Waals surface area (Å²) in [7, 11) is 0. The minimum atomic E-state index is -0.134. The second-order valence-electron chi connectivity index (χ2n) is 5.69. The van der Waals surface area contributed by atoms with Crippen molar-refractivity contribution >= 4 is 17.6 Å². The van der Waals surface area contributed by atoms with Crippen molar-refractivity contribution < 1.29 is 0 Å². The number of hydrogen-bond acceptors (Lipinski definition) is 5. The van der Waals surface area contributed by atoms with E-state index < -0.39 is 0 Å². The molecule has 0 unspecified atom stereocenters. The molecule has 5 nitrogen and oxygen atoms in total. The number of pyridine rings is 1. The molecule has 0 aliphatic heterocycles. The molecule has 0 aliphatic carbocycles. The van der Waals surface area contributed by atoms with Gasteiger partial charge in [0.1, 0.15) is 11.6 Å². The summed E-state index contributed by atoms with van der Waals surface area (Å²) < 4.78 is 0.155. The van der Waals surface area contributed by atoms with Crippen molar-refractivity contribution in [2.45, 2.75) is 31.9 Å². The van der Waals surface area contributed by atoms with E-state index in [4.69, 9.17) is 0 Å². The summed E-state index contributed by atoms with van der Waals surface area (Å²) in [6.45, 7) is 7.18. The van der Waals surface area contributed by atoms with Crippen molar-refractivity contribution in [1.29, 1.82) is 0 Å². The predicted octanol–water partition coefficient (Wildman–Crippen LogP) is 2.95. The fourth-order valence-corrected chi connectivity index (χ4v) is 2.06. The Morgan fingerprint density at radius 3 is 2.73 bits per heavy atom. The lowest BCUT2D eigenvalue weighted by Crippen LogP contribution is -2.26. The maximum absolute atomic E-state index is 11.6. The standard InChI is InChI=1S/C16H22N4OS/c1-5-12-8-14(21)20-15(19-12)11-6-7-13(17-9-11)18-10-16(2,3)22-4/h6-9H,5,10H2,1-4H3,(H,17,18)(H,19,20,21). The Labute approximate surface area is 135 Å². The van der Waals surface area contributed by atoms with Crippen LogP contribution in [0.1, 0.15) is 26.5 Å². The van der Waals surface area contributed by atoms with Crippen molar-refractivity contribution in [2.24, 2.45) is 0 Å². The Morgan fingerprint density at radius 1 is 1.36 bits per heavy atom. The van der Waals surface area contributed by atoms with Crippen LogP contribution < -0.4 is 10.9 Å². The molecular formula is C16H22N4OS. The van der Waals surface area contributed by atoms with Gasteiger partial charge in [0, 0.05) is 34.8 Å². The van der Waals surface area contributed by atoms with Crippen molar-refractivity contribution in [3.8, 4) is 11.4 Å². The molecule has 0 amide bonds. The zero-order chi connectivity index (χ0) is 16.2. The third-order valence-corrected chi connectivity index (χ3v) is 4.69. The van der Waals surface area contributed by atoms with E-state index in [9.17, 15) is 4.79 Å². The molecule has 0 aromatic carbocycles. The third-order valence-electron chi connectivity index (χ3n) is 3.44. The molecule has 2 aromatic rings. The molecule has 2 rings (SSSR count). The summed E-state index contributed by atoms with van der Waals surface area (Å²) in [5.41, 5.74) is 1.45. The van der Waals surface area contributed by atoms with Crippen molar-refractivity contribution in [3.63, 3.8) is 0 Å². The molecule has 0 saturated heterocycles. The summed E-state index contributed by atoms with van der Waals surface area (Å²) in [5, 5.41) is 3.32. The first-order chi connectivity index (χ1) is 10.4. The molecule has 22 heavy (non-hydrogen) atoms. The zero-order valence-electron chi connectivity index (χ0n) is 13.4. The van der Waals surface area contributed by atoms with Crippen LogP contribution in [-0.2, 0) is 6.42 Å². The molecule has 0 atom stereocenters. The highest BCUT2D eigenvalue weighted by atomic mass is 32.2. The number of nitrogens with one attached hydrogen (secondary N) is 2. The topological polar surface area (TPSA) is 70.7 Å². The Hall–Kier alpha value is -1.82. The van der Waals surface area contributed by atoms with Crippen LogP contribution in [0.5, 0.6) is 0 Å². The quantitative estimate of drug-likeness (QED) is 0.857. The first kappa shape index (κ1) is 16.5. The highest BCUT2D eigenvalue weighted by molar-refractivity contribution is 7.99. The van der Waals surface area contributed by atoms with Crippen molar-refractivity contribution in [1.82, 2.24) is 15.0 Å². The fraction of sp³-hybridized carbons (Fsp3) is 0.438. The van der Waals surface area contributed by atoms with E-state index in [1.54, 1.807) is 6.20 Å². The van der Waals surface area contributed by atoms with Gasteiger partial charge in [0.25, 0.3) is 5.56 Å². The first-order valence-corrected chi connectivity index (χ1v) is 8.51. The SMILES string of the molecule is CCc1cc(=O)[nH]c(-c2ccc(NCC(C)(C)SC)nc2)n1. The molecule has 2 aromatic heterocycles. The van der Waals surface area contributed by atoms with Gasteiger partial charge in [0.05, 0.1) is 0 Å². The van der Waals surface area contributed by atoms with Gasteiger partial charge in [-0.2, -0.15) is 11.8 Å². The van der Waals surface area contributed by atoms with E-state index in [1.165, 1.54) is 6.07 Å². The van der Waals surface area contributed by atoms with Crippen molar-refractivity contribution in [2.75, 3.05) is 18.1 Å². The molecule has 0 spiro atoms. The molecule has 6 heteroatoms. The van der Waals surface area contributed by atoms with Crippen LogP contribution in [-0.4, -0.2) is 32.5 Å². The summed E-state index contributed by atoms with van der Waals surface area (Å²) in [4.78, 5) is 23.2. The minimum absolute atomic E-state index is 0.134. The monoisotopic (exact) mass is 318 g/mol. The summed E-state index contributed by atoms with van der Waals surface area (Å²) in [5.74, 6) is 1.38. The number of nitrogens with zero attached hydrogens (tertiary/aromatic N) is 2. The molecule has 0 aliphatic rings. The number of aromatic nitrogens is 3. The Balaban J connectivity index is 2.15. The normalized spacial score (nSPS) is 11.5. The van der Waals surface area contributed by atoms with Gasteiger partial charge in [-0.05, 0) is 38.7 Å². The van der Waals surface area contributed by atoms with E-state index in [0.29, 0.717) is 5.82 Å². The molecule has 0 fully saturated rings. The summed E-state index contributed by atoms with van der Waals surface area (Å²) in [6, 6.07) is 5.35. The zero-order valence-corrected chi connectivity index (χ0v) is 14.3. The lowest BCUT2D eigenvalue weighted by molar-refractivity contribution is 0.750. The number of hydrogen-bond donors (Lipinski definition) is 2. The van der Waals surface area contributed by atoms with Crippen LogP contribution in [0.15, 0.2) is 29.2 Å². The van der Waals surface area contributed by atoms with Crippen LogP contribution in [0.3, 0.4) is 0 Å². The maximum atomic E-state index is 11.6. The fourth-order valence-electron chi connectivity index (χ4n) is 1.84. The Kier molecular flexibility index (Phi) is 5.24. The Bertz CT molecular complexity index is 679. The largest absolute Gasteiger partial charge is 0.369 e. The molecule has 118 valence electrons. The van der Waals surface area contributed by atoms with Crippen LogP contribution >= 0.6 is 11.8 Å². The summed E-state index contributed by atoms with van der Waals surface area (Å²) in [6.07, 6.45) is 4.56. The van der Waals surface area contributed by atoms with E-state index in [1.807, 2.05) is 30.8 Å². The first-order valence-electron chi connectivity index (χ1n) is 7.29. The molecule has 0 bridgehead atoms. The average molecular weight is 318 g/mol. The molecule has 0 radical (unpaired) electrons. The molecule has 0 saturated carbocycles. The predicted molar refractivity (Wildman–Crippen MR) is 93.6 cm³/mol. The van der Waals surface area contributed by atoms with E-state index in [0.717, 1.165) is 30.0 Å². The van der Waals surface area contributed by atoms with Gasteiger partial charge in [-0.15, -0.1) is 0 Å². The number of aromatic amines is 1. The van der Waals surface area contributed by atoms with Crippen LogP contribution in [0.4, 0.5) is 5.82 Å². The smallest absolute Gasteiger partial charge is 0.251 e. The van der Waals surface area contributed by atoms with Gasteiger partial charge in [-0.25, -0.2) is 9.97 Å².